The van der Waals surface area contributed by atoms with Gasteiger partial charge in [0.05, 0.1) is 0 Å². The Labute approximate surface area is 119 Å². The van der Waals surface area contributed by atoms with Crippen LogP contribution in [0.25, 0.3) is 0 Å². The zero-order chi connectivity index (χ0) is 14.0. The molecule has 0 saturated carbocycles. The summed E-state index contributed by atoms with van der Waals surface area (Å²) in [6.45, 7) is 3.81. The topological polar surface area (TPSA) is 42.0 Å². The maximum Gasteiger partial charge on any atom is 0.255 e. The molecule has 0 aliphatic rings. The van der Waals surface area contributed by atoms with E-state index < -0.39 is 5.95 Å². The van der Waals surface area contributed by atoms with Gasteiger partial charge in [-0.25, -0.2) is 4.98 Å². The lowest BCUT2D eigenvalue weighted by molar-refractivity contribution is 0.102. The Balaban J connectivity index is 2.29. The average Bonchev–Trinajstić information content (AvgIpc) is 2.33. The Bertz CT molecular complexity index is 620. The number of halogens is 2. The first-order valence-electron chi connectivity index (χ1n) is 5.67. The first-order valence-corrected chi connectivity index (χ1v) is 6.46. The van der Waals surface area contributed by atoms with E-state index in [-0.39, 0.29) is 11.5 Å². The number of carbonyl (C=O) groups is 1. The van der Waals surface area contributed by atoms with Gasteiger partial charge in [0.15, 0.2) is 0 Å². The van der Waals surface area contributed by atoms with Gasteiger partial charge in [-0.2, -0.15) is 4.39 Å². The second kappa shape index (κ2) is 5.48. The Morgan fingerprint density at radius 2 is 1.89 bits per heavy atom. The van der Waals surface area contributed by atoms with Crippen molar-refractivity contribution >= 4 is 27.5 Å². The lowest BCUT2D eigenvalue weighted by Crippen LogP contribution is -2.14. The number of amides is 1. The molecule has 19 heavy (non-hydrogen) atoms. The Morgan fingerprint density at radius 3 is 2.47 bits per heavy atom. The molecule has 0 aliphatic carbocycles. The number of carbonyl (C=O) groups excluding carboxylic acids is 1. The normalized spacial score (nSPS) is 10.3. The van der Waals surface area contributed by atoms with Crippen LogP contribution in [-0.4, -0.2) is 10.9 Å². The van der Waals surface area contributed by atoms with Crippen LogP contribution in [0.15, 0.2) is 34.9 Å². The van der Waals surface area contributed by atoms with E-state index in [1.165, 1.54) is 12.3 Å². The smallest absolute Gasteiger partial charge is 0.255 e. The number of aryl methyl sites for hydroxylation is 2. The van der Waals surface area contributed by atoms with Crippen LogP contribution in [0.2, 0.25) is 0 Å². The number of nitrogens with one attached hydrogen (secondary N) is 1. The highest BCUT2D eigenvalue weighted by molar-refractivity contribution is 9.10. The van der Waals surface area contributed by atoms with Crippen molar-refractivity contribution in [2.24, 2.45) is 0 Å². The Morgan fingerprint density at radius 1 is 1.26 bits per heavy atom. The van der Waals surface area contributed by atoms with E-state index in [1.54, 1.807) is 0 Å². The van der Waals surface area contributed by atoms with Crippen molar-refractivity contribution < 1.29 is 9.18 Å². The van der Waals surface area contributed by atoms with E-state index in [4.69, 9.17) is 0 Å². The number of anilines is 1. The summed E-state index contributed by atoms with van der Waals surface area (Å²) in [5.41, 5.74) is 2.86. The van der Waals surface area contributed by atoms with Crippen LogP contribution >= 0.6 is 15.9 Å². The van der Waals surface area contributed by atoms with Gasteiger partial charge in [-0.05, 0) is 43.2 Å². The van der Waals surface area contributed by atoms with Crippen LogP contribution in [-0.2, 0) is 0 Å². The van der Waals surface area contributed by atoms with Crippen molar-refractivity contribution in [3.63, 3.8) is 0 Å². The van der Waals surface area contributed by atoms with Gasteiger partial charge < -0.3 is 5.32 Å². The Kier molecular flexibility index (Phi) is 3.95. The molecular weight excluding hydrogens is 311 g/mol. The van der Waals surface area contributed by atoms with Gasteiger partial charge in [0.25, 0.3) is 5.91 Å². The van der Waals surface area contributed by atoms with Crippen LogP contribution in [0.3, 0.4) is 0 Å². The standard InChI is InChI=1S/C14H12BrFN2O/c1-8-5-11(15)6-9(2)13(8)18-14(19)10-3-4-17-12(16)7-10/h3-7H,1-2H3,(H,18,19). The van der Waals surface area contributed by atoms with Gasteiger partial charge in [0, 0.05) is 28.0 Å². The van der Waals surface area contributed by atoms with Gasteiger partial charge >= 0.3 is 0 Å². The number of hydrogen-bond donors (Lipinski definition) is 1. The summed E-state index contributed by atoms with van der Waals surface area (Å²) in [5, 5.41) is 2.80. The molecule has 0 spiro atoms. The molecule has 3 nitrogen and oxygen atoms in total. The number of pyridine rings is 1. The molecule has 1 amide bonds. The molecule has 5 heteroatoms. The van der Waals surface area contributed by atoms with E-state index >= 15 is 0 Å². The third-order valence-corrected chi connectivity index (χ3v) is 3.18. The molecule has 1 heterocycles. The van der Waals surface area contributed by atoms with Crippen LogP contribution in [0.1, 0.15) is 21.5 Å². The van der Waals surface area contributed by atoms with Crippen molar-refractivity contribution in [2.45, 2.75) is 13.8 Å². The molecule has 1 aromatic heterocycles. The van der Waals surface area contributed by atoms with Crippen LogP contribution in [0.4, 0.5) is 10.1 Å². The maximum absolute atomic E-state index is 13.0. The first-order chi connectivity index (χ1) is 8.97. The second-order valence-corrected chi connectivity index (χ2v) is 5.15. The number of aromatic nitrogens is 1. The summed E-state index contributed by atoms with van der Waals surface area (Å²) in [7, 11) is 0. The number of benzene rings is 1. The minimum Gasteiger partial charge on any atom is -0.321 e. The van der Waals surface area contributed by atoms with E-state index in [1.807, 2.05) is 26.0 Å². The summed E-state index contributed by atoms with van der Waals surface area (Å²) in [4.78, 5) is 15.5. The molecule has 0 aliphatic heterocycles. The predicted octanol–water partition coefficient (Wildman–Crippen LogP) is 3.85. The molecule has 2 aromatic rings. The molecule has 0 fully saturated rings. The minimum atomic E-state index is -0.670. The molecule has 0 radical (unpaired) electrons. The number of hydrogen-bond acceptors (Lipinski definition) is 2. The van der Waals surface area contributed by atoms with Gasteiger partial charge in [0.2, 0.25) is 5.95 Å². The van der Waals surface area contributed by atoms with Crippen molar-refractivity contribution in [1.29, 1.82) is 0 Å². The third kappa shape index (κ3) is 3.17. The molecule has 2 rings (SSSR count). The molecule has 1 N–H and O–H groups in total. The zero-order valence-electron chi connectivity index (χ0n) is 10.5. The third-order valence-electron chi connectivity index (χ3n) is 2.72. The van der Waals surface area contributed by atoms with Crippen LogP contribution < -0.4 is 5.32 Å². The number of nitrogens with zero attached hydrogens (tertiary/aromatic N) is 1. The highest BCUT2D eigenvalue weighted by Gasteiger charge is 2.11. The SMILES string of the molecule is Cc1cc(Br)cc(C)c1NC(=O)c1ccnc(F)c1. The lowest BCUT2D eigenvalue weighted by atomic mass is 10.1. The monoisotopic (exact) mass is 322 g/mol. The van der Waals surface area contributed by atoms with Crippen LogP contribution in [0.5, 0.6) is 0 Å². The predicted molar refractivity (Wildman–Crippen MR) is 75.8 cm³/mol. The van der Waals surface area contributed by atoms with E-state index in [0.717, 1.165) is 27.4 Å². The largest absolute Gasteiger partial charge is 0.321 e. The highest BCUT2D eigenvalue weighted by Crippen LogP contribution is 2.25. The number of rotatable bonds is 2. The van der Waals surface area contributed by atoms with Crippen molar-refractivity contribution in [2.75, 3.05) is 5.32 Å². The second-order valence-electron chi connectivity index (χ2n) is 4.24. The zero-order valence-corrected chi connectivity index (χ0v) is 12.1. The fourth-order valence-electron chi connectivity index (χ4n) is 1.84. The van der Waals surface area contributed by atoms with Gasteiger partial charge in [-0.3, -0.25) is 4.79 Å². The summed E-state index contributed by atoms with van der Waals surface area (Å²) >= 11 is 3.40. The minimum absolute atomic E-state index is 0.245. The molecule has 0 unspecified atom stereocenters. The molecule has 0 bridgehead atoms. The highest BCUT2D eigenvalue weighted by atomic mass is 79.9. The Hall–Kier alpha value is -1.75. The summed E-state index contributed by atoms with van der Waals surface area (Å²) in [6.07, 6.45) is 1.27. The van der Waals surface area contributed by atoms with E-state index in [9.17, 15) is 9.18 Å². The fourth-order valence-corrected chi connectivity index (χ4v) is 2.52. The van der Waals surface area contributed by atoms with E-state index in [2.05, 4.69) is 26.2 Å². The van der Waals surface area contributed by atoms with Crippen molar-refractivity contribution in [3.05, 3.63) is 57.6 Å². The van der Waals surface area contributed by atoms with Gasteiger partial charge in [-0.1, -0.05) is 15.9 Å². The molecule has 98 valence electrons. The van der Waals surface area contributed by atoms with Gasteiger partial charge in [-0.15, -0.1) is 0 Å². The van der Waals surface area contributed by atoms with Crippen LogP contribution in [0, 0.1) is 19.8 Å². The summed E-state index contributed by atoms with van der Waals surface area (Å²) < 4.78 is 13.9. The quantitative estimate of drug-likeness (QED) is 0.853. The fraction of sp³-hybridized carbons (Fsp3) is 0.143. The summed E-state index contributed by atoms with van der Waals surface area (Å²) in [5.74, 6) is -1.02. The lowest BCUT2D eigenvalue weighted by Gasteiger charge is -2.12. The maximum atomic E-state index is 13.0. The molecular formula is C14H12BrFN2O. The van der Waals surface area contributed by atoms with Crippen molar-refractivity contribution in [3.8, 4) is 0 Å². The molecule has 0 saturated heterocycles. The van der Waals surface area contributed by atoms with Gasteiger partial charge in [0.1, 0.15) is 0 Å². The first kappa shape index (κ1) is 13.7. The average molecular weight is 323 g/mol. The van der Waals surface area contributed by atoms with Crippen molar-refractivity contribution in [1.82, 2.24) is 4.98 Å². The molecule has 0 atom stereocenters. The van der Waals surface area contributed by atoms with E-state index in [0.29, 0.717) is 0 Å². The summed E-state index contributed by atoms with van der Waals surface area (Å²) in [6, 6.07) is 6.41. The molecule has 1 aromatic carbocycles.